The molecular weight excluding hydrogens is 433 g/mol. The summed E-state index contributed by atoms with van der Waals surface area (Å²) in [4.78, 5) is 39.0. The molecule has 0 N–H and O–H groups in total. The van der Waals surface area contributed by atoms with E-state index in [2.05, 4.69) is 0 Å². The van der Waals surface area contributed by atoms with Gasteiger partial charge >= 0.3 is 19.8 Å². The molecule has 2 atom stereocenters. The standard InChI is InChI=1S/C18H19N3O9P/c1-12(2)28-18(22)13(3)21(29-15-7-5-4-6-8-15)31(27)30-17-10-9-14(19(23)24)11-16(17)20(25)26/h4-13H,1-3H3/q+1. The minimum Gasteiger partial charge on any atom is -0.462 e. The molecule has 0 aliphatic heterocycles. The average molecular weight is 452 g/mol. The van der Waals surface area contributed by atoms with Gasteiger partial charge < -0.3 is 9.57 Å². The van der Waals surface area contributed by atoms with Gasteiger partial charge in [-0.25, -0.2) is 4.52 Å². The number of hydrogen-bond donors (Lipinski definition) is 0. The Morgan fingerprint density at radius 1 is 1.03 bits per heavy atom. The van der Waals surface area contributed by atoms with E-state index in [1.54, 1.807) is 32.0 Å². The highest BCUT2D eigenvalue weighted by atomic mass is 31.1. The van der Waals surface area contributed by atoms with Crippen molar-refractivity contribution in [2.24, 2.45) is 0 Å². The van der Waals surface area contributed by atoms with Crippen LogP contribution in [-0.2, 0) is 14.1 Å². The van der Waals surface area contributed by atoms with Crippen molar-refractivity contribution in [1.29, 1.82) is 0 Å². The average Bonchev–Trinajstić information content (AvgIpc) is 2.71. The summed E-state index contributed by atoms with van der Waals surface area (Å²) in [6, 6.07) is 9.42. The second-order valence-corrected chi connectivity index (χ2v) is 7.42. The smallest absolute Gasteiger partial charge is 0.462 e. The van der Waals surface area contributed by atoms with Crippen LogP contribution in [0.4, 0.5) is 11.4 Å². The number of nitro benzene ring substituents is 2. The van der Waals surface area contributed by atoms with E-state index in [9.17, 15) is 29.6 Å². The first-order valence-electron chi connectivity index (χ1n) is 8.91. The van der Waals surface area contributed by atoms with Crippen LogP contribution in [0.1, 0.15) is 20.8 Å². The summed E-state index contributed by atoms with van der Waals surface area (Å²) in [5.41, 5.74) is -1.31. The molecule has 0 fully saturated rings. The molecule has 13 heteroatoms. The molecule has 0 aliphatic carbocycles. The predicted octanol–water partition coefficient (Wildman–Crippen LogP) is 4.18. The molecular formula is C18H19N3O9P+. The van der Waals surface area contributed by atoms with Crippen LogP contribution < -0.4 is 9.36 Å². The normalized spacial score (nSPS) is 12.2. The molecule has 12 nitrogen and oxygen atoms in total. The first-order chi connectivity index (χ1) is 14.6. The van der Waals surface area contributed by atoms with Crippen molar-refractivity contribution in [2.75, 3.05) is 0 Å². The first-order valence-corrected chi connectivity index (χ1v) is 10.0. The van der Waals surface area contributed by atoms with Gasteiger partial charge in [0.05, 0.1) is 22.0 Å². The van der Waals surface area contributed by atoms with Gasteiger partial charge in [0.15, 0.2) is 11.8 Å². The second kappa shape index (κ2) is 10.4. The van der Waals surface area contributed by atoms with E-state index in [1.165, 1.54) is 19.1 Å². The summed E-state index contributed by atoms with van der Waals surface area (Å²) in [6.45, 7) is 4.61. The van der Waals surface area contributed by atoms with E-state index in [1.807, 2.05) is 0 Å². The minimum atomic E-state index is -3.02. The molecule has 0 saturated heterocycles. The number of ether oxygens (including phenoxy) is 1. The van der Waals surface area contributed by atoms with Crippen LogP contribution in [0.2, 0.25) is 0 Å². The first kappa shape index (κ1) is 23.6. The van der Waals surface area contributed by atoms with Crippen LogP contribution in [0, 0.1) is 20.2 Å². The van der Waals surface area contributed by atoms with Gasteiger partial charge in [-0.3, -0.25) is 25.0 Å². The summed E-state index contributed by atoms with van der Waals surface area (Å²) in [6.07, 6.45) is -0.455. The third-order valence-electron chi connectivity index (χ3n) is 3.65. The molecule has 0 amide bonds. The Morgan fingerprint density at radius 3 is 2.23 bits per heavy atom. The van der Waals surface area contributed by atoms with Crippen molar-refractivity contribution in [3.05, 3.63) is 68.8 Å². The van der Waals surface area contributed by atoms with Crippen molar-refractivity contribution in [1.82, 2.24) is 4.83 Å². The van der Waals surface area contributed by atoms with E-state index in [-0.39, 0.29) is 5.75 Å². The summed E-state index contributed by atoms with van der Waals surface area (Å²) in [7, 11) is -3.02. The van der Waals surface area contributed by atoms with Gasteiger partial charge in [-0.1, -0.05) is 18.2 Å². The van der Waals surface area contributed by atoms with Crippen LogP contribution in [0.25, 0.3) is 0 Å². The molecule has 2 aromatic rings. The molecule has 0 aromatic heterocycles. The largest absolute Gasteiger partial charge is 0.704 e. The highest BCUT2D eigenvalue weighted by molar-refractivity contribution is 7.36. The van der Waals surface area contributed by atoms with Crippen molar-refractivity contribution in [3.63, 3.8) is 0 Å². The SMILES string of the molecule is CC(C)OC(=O)C(C)N(Oc1ccccc1)[P+](=O)Oc1ccc([N+](=O)[O-])cc1[N+](=O)[O-]. The van der Waals surface area contributed by atoms with Crippen LogP contribution in [0.5, 0.6) is 11.5 Å². The molecule has 164 valence electrons. The number of carbonyl (C=O) groups excluding carboxylic acids is 1. The fourth-order valence-corrected chi connectivity index (χ4v) is 3.17. The van der Waals surface area contributed by atoms with Gasteiger partial charge in [0.25, 0.3) is 11.4 Å². The Kier molecular flexibility index (Phi) is 7.94. The molecule has 0 heterocycles. The van der Waals surface area contributed by atoms with E-state index in [0.29, 0.717) is 10.9 Å². The molecule has 2 aromatic carbocycles. The lowest BCUT2D eigenvalue weighted by Gasteiger charge is -2.18. The van der Waals surface area contributed by atoms with Gasteiger partial charge in [-0.2, -0.15) is 0 Å². The number of nitrogens with zero attached hydrogens (tertiary/aromatic N) is 3. The Bertz CT molecular complexity index is 984. The number of non-ortho nitro benzene ring substituents is 1. The topological polar surface area (TPSA) is 151 Å². The highest BCUT2D eigenvalue weighted by Gasteiger charge is 2.45. The lowest BCUT2D eigenvalue weighted by atomic mass is 10.2. The van der Waals surface area contributed by atoms with E-state index >= 15 is 0 Å². The monoisotopic (exact) mass is 452 g/mol. The summed E-state index contributed by atoms with van der Waals surface area (Å²) in [5, 5.41) is 22.2. The van der Waals surface area contributed by atoms with E-state index in [4.69, 9.17) is 14.1 Å². The zero-order chi connectivity index (χ0) is 23.1. The fourth-order valence-electron chi connectivity index (χ4n) is 2.23. The number of carbonyl (C=O) groups is 1. The predicted molar refractivity (Wildman–Crippen MR) is 108 cm³/mol. The molecule has 31 heavy (non-hydrogen) atoms. The molecule has 0 aliphatic rings. The Hall–Kier alpha value is -3.63. The molecule has 0 saturated carbocycles. The number of benzene rings is 2. The number of hydrogen-bond acceptors (Lipinski definition) is 9. The third-order valence-corrected chi connectivity index (χ3v) is 4.76. The molecule has 2 unspecified atom stereocenters. The number of rotatable bonds is 10. The van der Waals surface area contributed by atoms with E-state index in [0.717, 1.165) is 12.1 Å². The Morgan fingerprint density at radius 2 is 1.68 bits per heavy atom. The lowest BCUT2D eigenvalue weighted by Crippen LogP contribution is -2.39. The maximum absolute atomic E-state index is 12.9. The Labute approximate surface area is 177 Å². The van der Waals surface area contributed by atoms with Crippen molar-refractivity contribution in [3.8, 4) is 11.5 Å². The van der Waals surface area contributed by atoms with Crippen molar-refractivity contribution >= 4 is 25.5 Å². The van der Waals surface area contributed by atoms with Crippen LogP contribution in [0.3, 0.4) is 0 Å². The molecule has 0 radical (unpaired) electrons. The van der Waals surface area contributed by atoms with Gasteiger partial charge in [-0.15, -0.1) is 0 Å². The van der Waals surface area contributed by atoms with Crippen molar-refractivity contribution in [2.45, 2.75) is 32.9 Å². The Balaban J connectivity index is 2.35. The number of nitro groups is 2. The van der Waals surface area contributed by atoms with Gasteiger partial charge in [0.1, 0.15) is 4.83 Å². The van der Waals surface area contributed by atoms with E-state index < -0.39 is 53.3 Å². The quantitative estimate of drug-likeness (QED) is 0.222. The summed E-state index contributed by atoms with van der Waals surface area (Å²) in [5.74, 6) is -1.05. The van der Waals surface area contributed by atoms with Crippen molar-refractivity contribution < 1.29 is 33.3 Å². The maximum Gasteiger partial charge on any atom is 0.704 e. The van der Waals surface area contributed by atoms with Gasteiger partial charge in [0.2, 0.25) is 0 Å². The highest BCUT2D eigenvalue weighted by Crippen LogP contribution is 2.40. The fraction of sp³-hybridized carbons (Fsp3) is 0.278. The number of para-hydroxylation sites is 1. The molecule has 2 rings (SSSR count). The van der Waals surface area contributed by atoms with Crippen LogP contribution in [0.15, 0.2) is 48.5 Å². The third kappa shape index (κ3) is 6.43. The second-order valence-electron chi connectivity index (χ2n) is 6.36. The molecule has 0 spiro atoms. The summed E-state index contributed by atoms with van der Waals surface area (Å²) < 4.78 is 23.2. The minimum absolute atomic E-state index is 0.219. The zero-order valence-electron chi connectivity index (χ0n) is 16.7. The zero-order valence-corrected chi connectivity index (χ0v) is 17.6. The summed E-state index contributed by atoms with van der Waals surface area (Å²) >= 11 is 0. The maximum atomic E-state index is 12.9. The van der Waals surface area contributed by atoms with Crippen LogP contribution >= 0.6 is 8.18 Å². The number of esters is 1. The van der Waals surface area contributed by atoms with Gasteiger partial charge in [0, 0.05) is 16.7 Å². The molecule has 0 bridgehead atoms. The lowest BCUT2D eigenvalue weighted by molar-refractivity contribution is -0.394. The van der Waals surface area contributed by atoms with Gasteiger partial charge in [-0.05, 0) is 32.9 Å². The van der Waals surface area contributed by atoms with Crippen LogP contribution in [-0.4, -0.2) is 32.8 Å². The number of hydroxylamine groups is 1.